The summed E-state index contributed by atoms with van der Waals surface area (Å²) in [6, 6.07) is 0.247. The first-order chi connectivity index (χ1) is 17.9. The smallest absolute Gasteiger partial charge is 0.410 e. The van der Waals surface area contributed by atoms with Crippen LogP contribution in [0, 0.1) is 0 Å². The van der Waals surface area contributed by atoms with E-state index in [1.807, 2.05) is 72.0 Å². The molecule has 3 aliphatic heterocycles. The number of halogens is 1. The van der Waals surface area contributed by atoms with Gasteiger partial charge in [0.15, 0.2) is 0 Å². The predicted octanol–water partition coefficient (Wildman–Crippen LogP) is 3.87. The van der Waals surface area contributed by atoms with Gasteiger partial charge in [-0.05, 0) is 59.6 Å². The van der Waals surface area contributed by atoms with Crippen molar-refractivity contribution in [2.75, 3.05) is 61.1 Å². The second kappa shape index (κ2) is 12.7. The average Bonchev–Trinajstić information content (AvgIpc) is 3.49. The number of aliphatic imine (C=N–C) groups is 1. The van der Waals surface area contributed by atoms with Gasteiger partial charge in [-0.25, -0.2) is 9.18 Å². The lowest BCUT2D eigenvalue weighted by molar-refractivity contribution is 0.00955. The molecule has 1 amide bonds. The third-order valence-corrected chi connectivity index (χ3v) is 7.60. The molecule has 216 valence electrons. The van der Waals surface area contributed by atoms with E-state index in [1.54, 1.807) is 12.0 Å². The first kappa shape index (κ1) is 30.2. The Hall–Kier alpha value is -2.33. The molecule has 0 bridgehead atoms. The molecule has 0 aromatic heterocycles. The monoisotopic (exact) mass is 537 g/mol. The molecular weight excluding hydrogens is 489 g/mol. The van der Waals surface area contributed by atoms with Crippen molar-refractivity contribution >= 4 is 12.1 Å². The highest BCUT2D eigenvalue weighted by molar-refractivity contribution is 5.74. The SMILES string of the molecule is C\C=C/C=C(/N=C(/OC[C@@]12CCCN1C[C@H](F)C2)N(C)C)N(C)C1CCN(C(=O)OC(C)(C)C)C1COC. The lowest BCUT2D eigenvalue weighted by atomic mass is 9.95. The minimum absolute atomic E-state index is 0.0304. The molecule has 9 nitrogen and oxygen atoms in total. The fourth-order valence-corrected chi connectivity index (χ4v) is 5.80. The third-order valence-electron chi connectivity index (χ3n) is 7.60. The topological polar surface area (TPSA) is 70.1 Å². The zero-order valence-corrected chi connectivity index (χ0v) is 24.6. The number of nitrogens with zero attached hydrogens (tertiary/aromatic N) is 5. The van der Waals surface area contributed by atoms with Gasteiger partial charge in [0.1, 0.15) is 24.2 Å². The van der Waals surface area contributed by atoms with Gasteiger partial charge < -0.3 is 28.9 Å². The lowest BCUT2D eigenvalue weighted by Crippen LogP contribution is -2.49. The Morgan fingerprint density at radius 2 is 1.97 bits per heavy atom. The number of hydrogen-bond donors (Lipinski definition) is 0. The largest absolute Gasteiger partial charge is 0.463 e. The Morgan fingerprint density at radius 1 is 1.24 bits per heavy atom. The van der Waals surface area contributed by atoms with Crippen LogP contribution in [0.2, 0.25) is 0 Å². The molecule has 0 spiro atoms. The number of carbonyl (C=O) groups is 1. The minimum atomic E-state index is -0.803. The maximum Gasteiger partial charge on any atom is 0.410 e. The van der Waals surface area contributed by atoms with E-state index in [2.05, 4.69) is 9.80 Å². The van der Waals surface area contributed by atoms with Gasteiger partial charge in [-0.15, -0.1) is 0 Å². The summed E-state index contributed by atoms with van der Waals surface area (Å²) in [6.45, 7) is 10.3. The molecule has 3 saturated heterocycles. The summed E-state index contributed by atoms with van der Waals surface area (Å²) in [7, 11) is 7.43. The van der Waals surface area contributed by atoms with Crippen LogP contribution in [0.1, 0.15) is 53.4 Å². The van der Waals surface area contributed by atoms with Crippen molar-refractivity contribution in [1.82, 2.24) is 19.6 Å². The standard InChI is InChI=1S/C28H48FN5O4/c1-9-10-12-24(30-25(31(5)6)37-20-28-14-11-15-33(28)18-21(29)17-28)32(7)22-13-16-34(23(22)19-36-8)26(35)38-27(2,3)4/h9-10,12,21-23H,11,13-20H2,1-8H3/b10-9-,24-12-,30-25+/t21-,22?,23?,28+/m1/s1. The number of fused-ring (bicyclic) bond motifs is 1. The Bertz CT molecular complexity index is 902. The van der Waals surface area contributed by atoms with Crippen LogP contribution in [-0.2, 0) is 14.2 Å². The Balaban J connectivity index is 1.82. The molecule has 3 heterocycles. The van der Waals surface area contributed by atoms with Crippen molar-refractivity contribution in [3.05, 3.63) is 24.0 Å². The van der Waals surface area contributed by atoms with E-state index in [4.69, 9.17) is 19.2 Å². The van der Waals surface area contributed by atoms with Crippen LogP contribution in [0.25, 0.3) is 0 Å². The minimum Gasteiger partial charge on any atom is -0.463 e. The van der Waals surface area contributed by atoms with Crippen LogP contribution in [0.5, 0.6) is 0 Å². The molecule has 0 aromatic carbocycles. The van der Waals surface area contributed by atoms with E-state index < -0.39 is 11.8 Å². The van der Waals surface area contributed by atoms with Crippen LogP contribution in [0.3, 0.4) is 0 Å². The number of methoxy groups -OCH3 is 1. The quantitative estimate of drug-likeness (QED) is 0.265. The van der Waals surface area contributed by atoms with Crippen molar-refractivity contribution in [2.24, 2.45) is 4.99 Å². The molecule has 3 aliphatic rings. The van der Waals surface area contributed by atoms with Crippen LogP contribution < -0.4 is 0 Å². The number of amidine groups is 1. The molecule has 0 radical (unpaired) electrons. The summed E-state index contributed by atoms with van der Waals surface area (Å²) in [5.41, 5.74) is -0.827. The average molecular weight is 538 g/mol. The lowest BCUT2D eigenvalue weighted by Gasteiger charge is -2.35. The van der Waals surface area contributed by atoms with E-state index in [1.165, 1.54) is 0 Å². The zero-order valence-electron chi connectivity index (χ0n) is 24.6. The molecule has 10 heteroatoms. The summed E-state index contributed by atoms with van der Waals surface area (Å²) in [5, 5.41) is 0. The number of amides is 1. The maximum absolute atomic E-state index is 14.3. The Morgan fingerprint density at radius 3 is 2.61 bits per heavy atom. The summed E-state index contributed by atoms with van der Waals surface area (Å²) in [4.78, 5) is 25.9. The molecule has 3 rings (SSSR count). The summed E-state index contributed by atoms with van der Waals surface area (Å²) >= 11 is 0. The van der Waals surface area contributed by atoms with Crippen molar-refractivity contribution in [3.8, 4) is 0 Å². The number of ether oxygens (including phenoxy) is 3. The molecule has 0 N–H and O–H groups in total. The van der Waals surface area contributed by atoms with Gasteiger partial charge in [-0.1, -0.05) is 12.2 Å². The van der Waals surface area contributed by atoms with E-state index >= 15 is 0 Å². The molecular formula is C28H48FN5O4. The van der Waals surface area contributed by atoms with Gasteiger partial charge in [-0.2, -0.15) is 4.99 Å². The summed E-state index contributed by atoms with van der Waals surface area (Å²) < 4.78 is 31.8. The second-order valence-electron chi connectivity index (χ2n) is 11.9. The number of allylic oxidation sites excluding steroid dienone is 3. The number of hydrogen-bond acceptors (Lipinski definition) is 7. The van der Waals surface area contributed by atoms with E-state index in [-0.39, 0.29) is 23.7 Å². The van der Waals surface area contributed by atoms with Crippen molar-refractivity contribution in [3.63, 3.8) is 0 Å². The van der Waals surface area contributed by atoms with Gasteiger partial charge in [0.2, 0.25) is 0 Å². The fourth-order valence-electron chi connectivity index (χ4n) is 5.80. The van der Waals surface area contributed by atoms with Gasteiger partial charge in [0.05, 0.1) is 24.2 Å². The van der Waals surface area contributed by atoms with Gasteiger partial charge in [0, 0.05) is 47.8 Å². The van der Waals surface area contributed by atoms with Crippen molar-refractivity contribution in [2.45, 2.75) is 82.8 Å². The molecule has 0 aliphatic carbocycles. The highest BCUT2D eigenvalue weighted by Gasteiger charge is 2.49. The first-order valence-corrected chi connectivity index (χ1v) is 13.7. The van der Waals surface area contributed by atoms with E-state index in [0.717, 1.165) is 25.8 Å². The van der Waals surface area contributed by atoms with E-state index in [9.17, 15) is 9.18 Å². The van der Waals surface area contributed by atoms with Gasteiger partial charge in [0.25, 0.3) is 6.02 Å². The first-order valence-electron chi connectivity index (χ1n) is 13.7. The van der Waals surface area contributed by atoms with Crippen LogP contribution in [0.15, 0.2) is 29.0 Å². The number of likely N-dealkylation sites (N-methyl/N-ethyl adjacent to an activating group) is 1. The molecule has 2 unspecified atom stereocenters. The van der Waals surface area contributed by atoms with Crippen molar-refractivity contribution < 1.29 is 23.4 Å². The predicted molar refractivity (Wildman–Crippen MR) is 148 cm³/mol. The van der Waals surface area contributed by atoms with E-state index in [0.29, 0.717) is 44.6 Å². The highest BCUT2D eigenvalue weighted by Crippen LogP contribution is 2.40. The van der Waals surface area contributed by atoms with Gasteiger partial charge in [-0.3, -0.25) is 4.90 Å². The van der Waals surface area contributed by atoms with Crippen LogP contribution in [-0.4, -0.2) is 122 Å². The van der Waals surface area contributed by atoms with Crippen molar-refractivity contribution in [1.29, 1.82) is 0 Å². The Labute approximate surface area is 228 Å². The third kappa shape index (κ3) is 7.20. The molecule has 38 heavy (non-hydrogen) atoms. The molecule has 3 fully saturated rings. The number of likely N-dealkylation sites (tertiary alicyclic amines) is 1. The van der Waals surface area contributed by atoms with Crippen LogP contribution >= 0.6 is 0 Å². The molecule has 4 atom stereocenters. The molecule has 0 saturated carbocycles. The zero-order chi connectivity index (χ0) is 28.1. The van der Waals surface area contributed by atoms with Gasteiger partial charge >= 0.3 is 6.09 Å². The normalized spacial score (nSPS) is 28.8. The summed E-state index contributed by atoms with van der Waals surface area (Å²) in [5.74, 6) is 0.708. The highest BCUT2D eigenvalue weighted by atomic mass is 19.1. The molecule has 0 aromatic rings. The fraction of sp³-hybridized carbons (Fsp3) is 0.786. The number of carbonyl (C=O) groups excluding carboxylic acids is 1. The van der Waals surface area contributed by atoms with Crippen LogP contribution in [0.4, 0.5) is 9.18 Å². The number of alkyl halides is 1. The maximum atomic E-state index is 14.3. The number of rotatable bonds is 8. The summed E-state index contributed by atoms with van der Waals surface area (Å²) in [6.07, 6.45) is 7.96. The second-order valence-corrected chi connectivity index (χ2v) is 11.9. The Kier molecular flexibility index (Phi) is 10.1.